The van der Waals surface area contributed by atoms with Gasteiger partial charge in [0.2, 0.25) is 5.72 Å². The standard InChI is InChI=1S/C22H22N4O4S/c1-4-25-11-10-13(24-25)12-16-19(27)26-18-14-8-6-7-9-15(14)30-22(3,23-21(26)31-16)17(18)20(28)29-5-2/h6-12,17-18H,4-5H2,1-3H3/b16-12+/t17-,18+,22-/m1/s1. The van der Waals surface area contributed by atoms with Gasteiger partial charge in [-0.05, 0) is 39.0 Å². The minimum Gasteiger partial charge on any atom is -0.466 e. The Bertz CT molecular complexity index is 1350. The molecule has 4 heterocycles. The van der Waals surface area contributed by atoms with Crippen LogP contribution in [-0.4, -0.2) is 32.6 Å². The number of aromatic nitrogens is 3. The van der Waals surface area contributed by atoms with Crippen molar-refractivity contribution in [2.75, 3.05) is 6.61 Å². The highest BCUT2D eigenvalue weighted by Gasteiger charge is 2.55. The third kappa shape index (κ3) is 3.03. The Morgan fingerprint density at radius 1 is 1.32 bits per heavy atom. The first-order chi connectivity index (χ1) is 14.9. The van der Waals surface area contributed by atoms with Crippen molar-refractivity contribution in [3.63, 3.8) is 0 Å². The summed E-state index contributed by atoms with van der Waals surface area (Å²) in [6.45, 7) is 6.53. The van der Waals surface area contributed by atoms with Crippen LogP contribution in [0.25, 0.3) is 6.08 Å². The lowest BCUT2D eigenvalue weighted by atomic mass is 9.81. The molecule has 5 rings (SSSR count). The van der Waals surface area contributed by atoms with Gasteiger partial charge in [-0.2, -0.15) is 5.10 Å². The summed E-state index contributed by atoms with van der Waals surface area (Å²) in [5.74, 6) is -0.575. The fourth-order valence-electron chi connectivity index (χ4n) is 4.30. The maximum absolute atomic E-state index is 13.5. The average molecular weight is 439 g/mol. The molecule has 0 fully saturated rings. The van der Waals surface area contributed by atoms with Crippen molar-refractivity contribution < 1.29 is 14.3 Å². The summed E-state index contributed by atoms with van der Waals surface area (Å²) in [5, 5.41) is 4.45. The number of aryl methyl sites for hydroxylation is 1. The van der Waals surface area contributed by atoms with E-state index in [0.29, 0.717) is 20.8 Å². The van der Waals surface area contributed by atoms with E-state index in [9.17, 15) is 9.59 Å². The monoisotopic (exact) mass is 438 g/mol. The van der Waals surface area contributed by atoms with Crippen LogP contribution < -0.4 is 19.6 Å². The van der Waals surface area contributed by atoms with Gasteiger partial charge in [-0.15, -0.1) is 0 Å². The highest BCUT2D eigenvalue weighted by molar-refractivity contribution is 7.07. The van der Waals surface area contributed by atoms with Crippen LogP contribution in [0.3, 0.4) is 0 Å². The molecule has 31 heavy (non-hydrogen) atoms. The fraction of sp³-hybridized carbons (Fsp3) is 0.364. The predicted octanol–water partition coefficient (Wildman–Crippen LogP) is 1.47. The van der Waals surface area contributed by atoms with Crippen LogP contribution in [0.15, 0.2) is 46.3 Å². The van der Waals surface area contributed by atoms with Crippen LogP contribution >= 0.6 is 11.3 Å². The first-order valence-corrected chi connectivity index (χ1v) is 11.1. The topological polar surface area (TPSA) is 87.7 Å². The molecule has 0 N–H and O–H groups in total. The molecule has 2 aromatic heterocycles. The molecule has 2 aliphatic rings. The molecule has 9 heteroatoms. The maximum atomic E-state index is 13.5. The molecule has 0 spiro atoms. The number of fused-ring (bicyclic) bond motifs is 6. The van der Waals surface area contributed by atoms with Crippen LogP contribution in [0.1, 0.15) is 38.1 Å². The van der Waals surface area contributed by atoms with E-state index < -0.39 is 23.7 Å². The van der Waals surface area contributed by atoms with Crippen molar-refractivity contribution >= 4 is 23.4 Å². The Labute approximate surface area is 182 Å². The van der Waals surface area contributed by atoms with E-state index in [2.05, 4.69) is 5.10 Å². The number of benzene rings is 1. The number of carbonyl (C=O) groups is 1. The minimum atomic E-state index is -1.16. The van der Waals surface area contributed by atoms with E-state index in [-0.39, 0.29) is 12.2 Å². The number of rotatable bonds is 4. The second-order valence-electron chi connectivity index (χ2n) is 7.65. The number of thiazole rings is 1. The van der Waals surface area contributed by atoms with Crippen molar-refractivity contribution in [1.29, 1.82) is 0 Å². The normalized spacial score (nSPS) is 24.0. The second kappa shape index (κ2) is 7.19. The van der Waals surface area contributed by atoms with Gasteiger partial charge in [0.05, 0.1) is 22.9 Å². The summed E-state index contributed by atoms with van der Waals surface area (Å²) < 4.78 is 15.5. The molecule has 0 saturated heterocycles. The summed E-state index contributed by atoms with van der Waals surface area (Å²) >= 11 is 1.28. The quantitative estimate of drug-likeness (QED) is 0.576. The van der Waals surface area contributed by atoms with E-state index in [1.165, 1.54) is 11.3 Å². The summed E-state index contributed by atoms with van der Waals surface area (Å²) in [6, 6.07) is 8.77. The first-order valence-electron chi connectivity index (χ1n) is 10.3. The van der Waals surface area contributed by atoms with E-state index >= 15 is 0 Å². The zero-order valence-electron chi connectivity index (χ0n) is 17.4. The first kappa shape index (κ1) is 19.7. The highest BCUT2D eigenvalue weighted by Crippen LogP contribution is 2.47. The summed E-state index contributed by atoms with van der Waals surface area (Å²) in [4.78, 5) is 31.7. The van der Waals surface area contributed by atoms with Gasteiger partial charge in [-0.3, -0.25) is 18.8 Å². The second-order valence-corrected chi connectivity index (χ2v) is 8.65. The molecule has 2 aliphatic heterocycles. The SMILES string of the molecule is CCOC(=O)[C@H]1[C@@H]2c3ccccc3O[C@@]1(C)N=c1s/c(=C/c3ccn(CC)n3)c(=O)n12. The Balaban J connectivity index is 1.75. The molecule has 0 saturated carbocycles. The van der Waals surface area contributed by atoms with Crippen molar-refractivity contribution in [1.82, 2.24) is 14.3 Å². The van der Waals surface area contributed by atoms with Crippen molar-refractivity contribution in [2.45, 2.75) is 39.1 Å². The zero-order chi connectivity index (χ0) is 21.8. The van der Waals surface area contributed by atoms with Gasteiger partial charge in [-0.25, -0.2) is 4.99 Å². The summed E-state index contributed by atoms with van der Waals surface area (Å²) in [7, 11) is 0. The molecule has 0 radical (unpaired) electrons. The van der Waals surface area contributed by atoms with E-state index in [1.807, 2.05) is 43.5 Å². The molecule has 0 aliphatic carbocycles. The van der Waals surface area contributed by atoms with Gasteiger partial charge in [0.1, 0.15) is 11.7 Å². The van der Waals surface area contributed by atoms with Crippen LogP contribution in [-0.2, 0) is 16.1 Å². The lowest BCUT2D eigenvalue weighted by Gasteiger charge is -2.44. The predicted molar refractivity (Wildman–Crippen MR) is 115 cm³/mol. The summed E-state index contributed by atoms with van der Waals surface area (Å²) in [6.07, 6.45) is 3.63. The van der Waals surface area contributed by atoms with Gasteiger partial charge in [0.25, 0.3) is 5.56 Å². The van der Waals surface area contributed by atoms with Crippen molar-refractivity contribution in [3.8, 4) is 5.75 Å². The molecule has 0 unspecified atom stereocenters. The maximum Gasteiger partial charge on any atom is 0.317 e. The smallest absolute Gasteiger partial charge is 0.317 e. The van der Waals surface area contributed by atoms with Gasteiger partial charge < -0.3 is 9.47 Å². The van der Waals surface area contributed by atoms with Gasteiger partial charge >= 0.3 is 5.97 Å². The summed E-state index contributed by atoms with van der Waals surface area (Å²) in [5.41, 5.74) is 0.110. The van der Waals surface area contributed by atoms with E-state index in [4.69, 9.17) is 14.5 Å². The molecular formula is C22H22N4O4S. The van der Waals surface area contributed by atoms with E-state index in [0.717, 1.165) is 12.1 Å². The number of para-hydroxylation sites is 1. The molecular weight excluding hydrogens is 416 g/mol. The number of ether oxygens (including phenoxy) is 2. The Morgan fingerprint density at radius 2 is 2.13 bits per heavy atom. The average Bonchev–Trinajstić information content (AvgIpc) is 3.31. The van der Waals surface area contributed by atoms with Crippen molar-refractivity contribution in [3.05, 3.63) is 67.5 Å². The Kier molecular flexibility index (Phi) is 4.58. The number of carbonyl (C=O) groups excluding carboxylic acids is 1. The number of nitrogens with zero attached hydrogens (tertiary/aromatic N) is 4. The van der Waals surface area contributed by atoms with Crippen LogP contribution in [0, 0.1) is 5.92 Å². The van der Waals surface area contributed by atoms with Crippen LogP contribution in [0.2, 0.25) is 0 Å². The van der Waals surface area contributed by atoms with Gasteiger partial charge in [0.15, 0.2) is 4.80 Å². The largest absolute Gasteiger partial charge is 0.466 e. The molecule has 2 bridgehead atoms. The molecule has 1 aromatic carbocycles. The number of hydrogen-bond donors (Lipinski definition) is 0. The van der Waals surface area contributed by atoms with Crippen LogP contribution in [0.4, 0.5) is 0 Å². The Hall–Kier alpha value is -3.20. The minimum absolute atomic E-state index is 0.201. The fourth-order valence-corrected chi connectivity index (χ4v) is 5.38. The highest BCUT2D eigenvalue weighted by atomic mass is 32.1. The number of esters is 1. The molecule has 3 aromatic rings. The van der Waals surface area contributed by atoms with Crippen LogP contribution in [0.5, 0.6) is 5.75 Å². The van der Waals surface area contributed by atoms with Gasteiger partial charge in [-0.1, -0.05) is 29.5 Å². The molecule has 160 valence electrons. The zero-order valence-corrected chi connectivity index (χ0v) is 18.3. The third-order valence-corrected chi connectivity index (χ3v) is 6.67. The van der Waals surface area contributed by atoms with E-state index in [1.54, 1.807) is 29.2 Å². The molecule has 3 atom stereocenters. The molecule has 0 amide bonds. The lowest BCUT2D eigenvalue weighted by Crippen LogP contribution is -2.58. The van der Waals surface area contributed by atoms with Gasteiger partial charge in [0, 0.05) is 18.3 Å². The number of hydrogen-bond acceptors (Lipinski definition) is 7. The third-order valence-electron chi connectivity index (χ3n) is 5.68. The lowest BCUT2D eigenvalue weighted by molar-refractivity contribution is -0.160. The Morgan fingerprint density at radius 3 is 2.87 bits per heavy atom. The van der Waals surface area contributed by atoms with Crippen molar-refractivity contribution in [2.24, 2.45) is 10.9 Å². The molecule has 8 nitrogen and oxygen atoms in total.